The average molecular weight is 490 g/mol. The first-order valence-corrected chi connectivity index (χ1v) is 12.3. The molecule has 1 fully saturated rings. The molecular formula is C22H20FN3O5S2. The Morgan fingerprint density at radius 1 is 1.24 bits per heavy atom. The third-order valence-corrected chi connectivity index (χ3v) is 8.52. The fourth-order valence-electron chi connectivity index (χ4n) is 3.54. The Morgan fingerprint density at radius 3 is 2.67 bits per heavy atom. The van der Waals surface area contributed by atoms with Crippen LogP contribution in [0.15, 0.2) is 57.6 Å². The molecule has 1 aromatic heterocycles. The first-order valence-electron chi connectivity index (χ1n) is 10.0. The zero-order chi connectivity index (χ0) is 23.8. The molecule has 2 amide bonds. The van der Waals surface area contributed by atoms with E-state index in [1.807, 2.05) is 0 Å². The number of carboxylic acid groups (broad SMARTS) is 1. The van der Waals surface area contributed by atoms with Crippen molar-refractivity contribution in [3.8, 4) is 11.3 Å². The number of amides is 2. The summed E-state index contributed by atoms with van der Waals surface area (Å²) in [7, 11) is -2.82. The maximum atomic E-state index is 14.6. The summed E-state index contributed by atoms with van der Waals surface area (Å²) < 4.78 is 41.7. The van der Waals surface area contributed by atoms with Gasteiger partial charge in [0.05, 0.1) is 11.4 Å². The molecule has 2 heterocycles. The molecule has 0 spiro atoms. The number of hydrogen-bond donors (Lipinski definition) is 1. The van der Waals surface area contributed by atoms with Crippen LogP contribution in [0.2, 0.25) is 0 Å². The van der Waals surface area contributed by atoms with E-state index in [1.54, 1.807) is 18.2 Å². The quantitative estimate of drug-likeness (QED) is 0.560. The third kappa shape index (κ3) is 4.46. The van der Waals surface area contributed by atoms with Gasteiger partial charge in [0.25, 0.3) is 0 Å². The number of aromatic nitrogens is 1. The molecule has 3 aromatic rings. The first-order chi connectivity index (χ1) is 15.7. The summed E-state index contributed by atoms with van der Waals surface area (Å²) >= 11 is 0.798. The molecule has 0 aliphatic carbocycles. The standard InChI is InChI=1S/C22H20FN3O5S2/c1-25(22(28)29)13-18-24-20(16-8-2-3-9-17(16)23)21(32-18)33(30,31)15-7-4-6-14(12-15)26-11-5-10-19(26)27/h2-4,6-9,12H,5,10-11,13H2,1H3,(H,28,29). The second-order valence-corrected chi connectivity index (χ2v) is 10.7. The molecule has 1 N–H and O–H groups in total. The zero-order valence-corrected chi connectivity index (χ0v) is 19.2. The number of nitrogens with zero attached hydrogens (tertiary/aromatic N) is 3. The van der Waals surface area contributed by atoms with Gasteiger partial charge in [-0.3, -0.25) is 4.79 Å². The molecule has 0 saturated carbocycles. The van der Waals surface area contributed by atoms with E-state index >= 15 is 0 Å². The van der Waals surface area contributed by atoms with Gasteiger partial charge < -0.3 is 14.9 Å². The van der Waals surface area contributed by atoms with Crippen LogP contribution in [0.1, 0.15) is 17.8 Å². The Morgan fingerprint density at radius 2 is 2.00 bits per heavy atom. The van der Waals surface area contributed by atoms with Crippen LogP contribution < -0.4 is 4.90 Å². The molecule has 2 aromatic carbocycles. The smallest absolute Gasteiger partial charge is 0.407 e. The van der Waals surface area contributed by atoms with Crippen molar-refractivity contribution in [3.05, 3.63) is 59.4 Å². The number of carbonyl (C=O) groups is 2. The van der Waals surface area contributed by atoms with Crippen LogP contribution >= 0.6 is 11.3 Å². The average Bonchev–Trinajstić information content (AvgIpc) is 3.40. The highest BCUT2D eigenvalue weighted by Gasteiger charge is 2.30. The molecule has 0 atom stereocenters. The number of benzene rings is 2. The van der Waals surface area contributed by atoms with Gasteiger partial charge in [-0.15, -0.1) is 11.3 Å². The van der Waals surface area contributed by atoms with E-state index in [2.05, 4.69) is 4.98 Å². The predicted octanol–water partition coefficient (Wildman–Crippen LogP) is 4.02. The van der Waals surface area contributed by atoms with Gasteiger partial charge in [0.1, 0.15) is 16.5 Å². The number of hydrogen-bond acceptors (Lipinski definition) is 6. The molecule has 0 bridgehead atoms. The van der Waals surface area contributed by atoms with Gasteiger partial charge in [-0.2, -0.15) is 0 Å². The summed E-state index contributed by atoms with van der Waals surface area (Å²) in [5.41, 5.74) is 0.401. The number of anilines is 1. The van der Waals surface area contributed by atoms with Crippen molar-refractivity contribution >= 4 is 38.9 Å². The molecule has 4 rings (SSSR count). The predicted molar refractivity (Wildman–Crippen MR) is 120 cm³/mol. The Kier molecular flexibility index (Phi) is 6.17. The summed E-state index contributed by atoms with van der Waals surface area (Å²) in [4.78, 5) is 30.1. The van der Waals surface area contributed by atoms with E-state index in [0.29, 0.717) is 25.1 Å². The van der Waals surface area contributed by atoms with Gasteiger partial charge in [-0.1, -0.05) is 18.2 Å². The van der Waals surface area contributed by atoms with Gasteiger partial charge in [0.2, 0.25) is 15.7 Å². The van der Waals surface area contributed by atoms with Gasteiger partial charge in [0, 0.05) is 31.3 Å². The fourth-order valence-corrected chi connectivity index (χ4v) is 6.57. The highest BCUT2D eigenvalue weighted by molar-refractivity contribution is 7.93. The lowest BCUT2D eigenvalue weighted by Gasteiger charge is -2.16. The van der Waals surface area contributed by atoms with E-state index in [1.165, 1.54) is 42.3 Å². The molecule has 1 aliphatic heterocycles. The second-order valence-electron chi connectivity index (χ2n) is 7.51. The van der Waals surface area contributed by atoms with Crippen LogP contribution in [0.4, 0.5) is 14.9 Å². The van der Waals surface area contributed by atoms with E-state index < -0.39 is 21.7 Å². The number of halogens is 1. The summed E-state index contributed by atoms with van der Waals surface area (Å²) in [6.07, 6.45) is -0.100. The summed E-state index contributed by atoms with van der Waals surface area (Å²) in [5.74, 6) is -0.720. The molecule has 0 radical (unpaired) electrons. The minimum absolute atomic E-state index is 0.00225. The maximum absolute atomic E-state index is 14.6. The number of rotatable bonds is 6. The number of sulfone groups is 1. The lowest BCUT2D eigenvalue weighted by atomic mass is 10.1. The Bertz CT molecular complexity index is 1340. The fraction of sp³-hybridized carbons (Fsp3) is 0.227. The van der Waals surface area contributed by atoms with Crippen molar-refractivity contribution in [2.24, 2.45) is 0 Å². The van der Waals surface area contributed by atoms with Crippen LogP contribution in [0, 0.1) is 5.82 Å². The Hall–Kier alpha value is -3.31. The van der Waals surface area contributed by atoms with Crippen molar-refractivity contribution in [1.29, 1.82) is 0 Å². The third-order valence-electron chi connectivity index (χ3n) is 5.23. The van der Waals surface area contributed by atoms with E-state index in [4.69, 9.17) is 5.11 Å². The Labute approximate surface area is 193 Å². The maximum Gasteiger partial charge on any atom is 0.407 e. The molecule has 1 saturated heterocycles. The number of carbonyl (C=O) groups excluding carboxylic acids is 1. The molecule has 172 valence electrons. The second kappa shape index (κ2) is 8.91. The normalized spacial score (nSPS) is 14.0. The van der Waals surface area contributed by atoms with Crippen molar-refractivity contribution in [2.75, 3.05) is 18.5 Å². The first kappa shape index (κ1) is 22.9. The molecule has 0 unspecified atom stereocenters. The Balaban J connectivity index is 1.83. The van der Waals surface area contributed by atoms with Crippen LogP contribution in [0.25, 0.3) is 11.3 Å². The SMILES string of the molecule is CN(Cc1nc(-c2ccccc2F)c(S(=O)(=O)c2cccc(N3CCCC3=O)c2)s1)C(=O)O. The molecule has 1 aliphatic rings. The lowest BCUT2D eigenvalue weighted by molar-refractivity contribution is -0.117. The van der Waals surface area contributed by atoms with Gasteiger partial charge >= 0.3 is 6.09 Å². The molecule has 33 heavy (non-hydrogen) atoms. The van der Waals surface area contributed by atoms with Crippen molar-refractivity contribution in [2.45, 2.75) is 28.5 Å². The summed E-state index contributed by atoms with van der Waals surface area (Å²) in [5, 5.41) is 9.38. The van der Waals surface area contributed by atoms with E-state index in [9.17, 15) is 22.4 Å². The molecule has 11 heteroatoms. The highest BCUT2D eigenvalue weighted by atomic mass is 32.2. The molecule has 8 nitrogen and oxygen atoms in total. The van der Waals surface area contributed by atoms with Gasteiger partial charge in [-0.05, 0) is 36.8 Å². The van der Waals surface area contributed by atoms with Crippen LogP contribution in [0.3, 0.4) is 0 Å². The van der Waals surface area contributed by atoms with Crippen molar-refractivity contribution in [1.82, 2.24) is 9.88 Å². The van der Waals surface area contributed by atoms with Crippen LogP contribution in [-0.2, 0) is 21.2 Å². The van der Waals surface area contributed by atoms with Crippen molar-refractivity contribution < 1.29 is 27.5 Å². The number of thiazole rings is 1. The molecular weight excluding hydrogens is 469 g/mol. The minimum Gasteiger partial charge on any atom is -0.465 e. The minimum atomic E-state index is -4.15. The zero-order valence-electron chi connectivity index (χ0n) is 17.6. The summed E-state index contributed by atoms with van der Waals surface area (Å²) in [6, 6.07) is 11.7. The van der Waals surface area contributed by atoms with Crippen LogP contribution in [0.5, 0.6) is 0 Å². The largest absolute Gasteiger partial charge is 0.465 e. The van der Waals surface area contributed by atoms with Gasteiger partial charge in [-0.25, -0.2) is 22.6 Å². The lowest BCUT2D eigenvalue weighted by Crippen LogP contribution is -2.23. The highest BCUT2D eigenvalue weighted by Crippen LogP contribution is 2.38. The van der Waals surface area contributed by atoms with Crippen molar-refractivity contribution in [3.63, 3.8) is 0 Å². The monoisotopic (exact) mass is 489 g/mol. The topological polar surface area (TPSA) is 108 Å². The summed E-state index contributed by atoms with van der Waals surface area (Å²) in [6.45, 7) is 0.355. The van der Waals surface area contributed by atoms with Crippen LogP contribution in [-0.4, -0.2) is 49.0 Å². The van der Waals surface area contributed by atoms with E-state index in [0.717, 1.165) is 16.2 Å². The van der Waals surface area contributed by atoms with Gasteiger partial charge in [0.15, 0.2) is 4.21 Å². The van der Waals surface area contributed by atoms with E-state index in [-0.39, 0.29) is 37.8 Å².